The normalized spacial score (nSPS) is 25.0. The Morgan fingerprint density at radius 1 is 1.19 bits per heavy atom. The first-order valence-electron chi connectivity index (χ1n) is 9.58. The zero-order valence-electron chi connectivity index (χ0n) is 15.8. The summed E-state index contributed by atoms with van der Waals surface area (Å²) in [5.41, 5.74) is 8.01. The number of anilines is 1. The number of aromatic nitrogens is 4. The number of fused-ring (bicyclic) bond motifs is 1. The molecule has 0 amide bonds. The molecule has 1 saturated carbocycles. The van der Waals surface area contributed by atoms with E-state index in [9.17, 15) is 0 Å². The van der Waals surface area contributed by atoms with Gasteiger partial charge in [-0.1, -0.05) is 6.92 Å². The maximum atomic E-state index is 6.08. The van der Waals surface area contributed by atoms with Crippen molar-refractivity contribution >= 4 is 53.6 Å². The van der Waals surface area contributed by atoms with Crippen LogP contribution in [-0.2, 0) is 0 Å². The lowest BCUT2D eigenvalue weighted by Crippen LogP contribution is -2.26. The molecule has 3 N–H and O–H groups in total. The average molecular weight is 433 g/mol. The van der Waals surface area contributed by atoms with Gasteiger partial charge in [0.05, 0.1) is 6.33 Å². The Hall–Kier alpha value is -0.760. The van der Waals surface area contributed by atoms with E-state index in [4.69, 9.17) is 15.7 Å². The van der Waals surface area contributed by atoms with E-state index in [0.29, 0.717) is 18.0 Å². The third-order valence-electron chi connectivity index (χ3n) is 5.42. The van der Waals surface area contributed by atoms with E-state index in [1.54, 1.807) is 0 Å². The molecule has 2 fully saturated rings. The van der Waals surface area contributed by atoms with Gasteiger partial charge in [-0.25, -0.2) is 15.0 Å². The smallest absolute Gasteiger partial charge is 0.166 e. The van der Waals surface area contributed by atoms with Crippen molar-refractivity contribution in [3.63, 3.8) is 0 Å². The second-order valence-corrected chi connectivity index (χ2v) is 8.46. The van der Waals surface area contributed by atoms with Crippen LogP contribution < -0.4 is 11.1 Å². The van der Waals surface area contributed by atoms with Crippen molar-refractivity contribution in [3.8, 4) is 0 Å². The molecule has 0 bridgehead atoms. The number of thioether (sulfide) groups is 1. The monoisotopic (exact) mass is 432 g/mol. The fourth-order valence-electron chi connectivity index (χ4n) is 3.87. The summed E-state index contributed by atoms with van der Waals surface area (Å²) in [5, 5.41) is 3.47. The van der Waals surface area contributed by atoms with E-state index in [1.165, 1.54) is 12.2 Å². The minimum Gasteiger partial charge on any atom is -0.368 e. The molecule has 2 aromatic heterocycles. The fraction of sp³-hybridized carbons (Fsp3) is 0.722. The zero-order chi connectivity index (χ0) is 17.2. The standard InChI is InChI=1S/C18H28N6S.2ClH/c1-2-8-20-17-15-18(24(11-21-15)14-7-9-25-10-14)23-16(22-17)12-3-5-13(19)6-4-12;;/h11-14H,2-10,19H2,1H3,(H,20,22,23);2*1H. The quantitative estimate of drug-likeness (QED) is 0.737. The maximum Gasteiger partial charge on any atom is 0.166 e. The van der Waals surface area contributed by atoms with Crippen LogP contribution in [-0.4, -0.2) is 43.6 Å². The fourth-order valence-corrected chi connectivity index (χ4v) is 5.07. The first kappa shape index (κ1) is 22.5. The molecule has 1 unspecified atom stereocenters. The third kappa shape index (κ3) is 4.81. The molecule has 1 saturated heterocycles. The van der Waals surface area contributed by atoms with Gasteiger partial charge in [0.1, 0.15) is 11.3 Å². The molecule has 3 heterocycles. The first-order valence-corrected chi connectivity index (χ1v) is 10.7. The van der Waals surface area contributed by atoms with Crippen molar-refractivity contribution in [2.45, 2.75) is 63.5 Å². The highest BCUT2D eigenvalue weighted by molar-refractivity contribution is 7.99. The van der Waals surface area contributed by atoms with Crippen LogP contribution in [0.2, 0.25) is 0 Å². The van der Waals surface area contributed by atoms with E-state index in [0.717, 1.165) is 67.2 Å². The van der Waals surface area contributed by atoms with Crippen molar-refractivity contribution < 1.29 is 0 Å². The predicted molar refractivity (Wildman–Crippen MR) is 119 cm³/mol. The van der Waals surface area contributed by atoms with Gasteiger partial charge in [0.15, 0.2) is 11.5 Å². The van der Waals surface area contributed by atoms with E-state index >= 15 is 0 Å². The van der Waals surface area contributed by atoms with Crippen molar-refractivity contribution in [3.05, 3.63) is 12.2 Å². The number of nitrogens with two attached hydrogens (primary N) is 1. The molecule has 4 rings (SSSR count). The highest BCUT2D eigenvalue weighted by Crippen LogP contribution is 2.34. The van der Waals surface area contributed by atoms with Crippen LogP contribution in [0, 0.1) is 0 Å². The summed E-state index contributed by atoms with van der Waals surface area (Å²) in [6.07, 6.45) is 8.56. The molecular weight excluding hydrogens is 403 g/mol. The molecule has 2 aromatic rings. The largest absolute Gasteiger partial charge is 0.368 e. The summed E-state index contributed by atoms with van der Waals surface area (Å²) in [6.45, 7) is 3.08. The third-order valence-corrected chi connectivity index (χ3v) is 6.56. The molecule has 1 aliphatic heterocycles. The van der Waals surface area contributed by atoms with E-state index in [1.807, 2.05) is 18.1 Å². The minimum absolute atomic E-state index is 0. The molecule has 0 aromatic carbocycles. The summed E-state index contributed by atoms with van der Waals surface area (Å²) in [4.78, 5) is 14.5. The van der Waals surface area contributed by atoms with E-state index in [2.05, 4.69) is 21.8 Å². The Morgan fingerprint density at radius 3 is 2.63 bits per heavy atom. The lowest BCUT2D eigenvalue weighted by atomic mass is 9.86. The minimum atomic E-state index is 0. The molecule has 0 spiro atoms. The summed E-state index contributed by atoms with van der Waals surface area (Å²) in [5.74, 6) is 4.68. The summed E-state index contributed by atoms with van der Waals surface area (Å²) in [7, 11) is 0. The van der Waals surface area contributed by atoms with Crippen LogP contribution in [0.4, 0.5) is 5.82 Å². The van der Waals surface area contributed by atoms with Crippen LogP contribution in [0.5, 0.6) is 0 Å². The number of imidazole rings is 1. The molecule has 152 valence electrons. The molecule has 27 heavy (non-hydrogen) atoms. The lowest BCUT2D eigenvalue weighted by molar-refractivity contribution is 0.385. The van der Waals surface area contributed by atoms with Crippen LogP contribution in [0.1, 0.15) is 63.2 Å². The Morgan fingerprint density at radius 2 is 1.96 bits per heavy atom. The van der Waals surface area contributed by atoms with Crippen molar-refractivity contribution in [2.24, 2.45) is 5.73 Å². The van der Waals surface area contributed by atoms with Crippen molar-refractivity contribution in [2.75, 3.05) is 23.4 Å². The Bertz CT molecular complexity index is 726. The molecular formula is C18H30Cl2N6S. The van der Waals surface area contributed by atoms with Gasteiger partial charge < -0.3 is 15.6 Å². The van der Waals surface area contributed by atoms with Gasteiger partial charge in [0, 0.05) is 30.3 Å². The number of hydrogen-bond acceptors (Lipinski definition) is 6. The summed E-state index contributed by atoms with van der Waals surface area (Å²) >= 11 is 2.02. The highest BCUT2D eigenvalue weighted by Gasteiger charge is 2.26. The van der Waals surface area contributed by atoms with Crippen LogP contribution in [0.25, 0.3) is 11.2 Å². The topological polar surface area (TPSA) is 81.7 Å². The van der Waals surface area contributed by atoms with Crippen LogP contribution >= 0.6 is 36.6 Å². The predicted octanol–water partition coefficient (Wildman–Crippen LogP) is 4.15. The van der Waals surface area contributed by atoms with Gasteiger partial charge in [0.2, 0.25) is 0 Å². The van der Waals surface area contributed by atoms with Gasteiger partial charge >= 0.3 is 0 Å². The van der Waals surface area contributed by atoms with Gasteiger partial charge in [-0.15, -0.1) is 24.8 Å². The highest BCUT2D eigenvalue weighted by atomic mass is 35.5. The van der Waals surface area contributed by atoms with E-state index < -0.39 is 0 Å². The van der Waals surface area contributed by atoms with Crippen molar-refractivity contribution in [1.82, 2.24) is 19.5 Å². The number of nitrogens with zero attached hydrogens (tertiary/aromatic N) is 4. The zero-order valence-corrected chi connectivity index (χ0v) is 18.2. The molecule has 6 nitrogen and oxygen atoms in total. The number of nitrogens with one attached hydrogen (secondary N) is 1. The van der Waals surface area contributed by atoms with Crippen LogP contribution in [0.15, 0.2) is 6.33 Å². The second kappa shape index (κ2) is 10.1. The summed E-state index contributed by atoms with van der Waals surface area (Å²) in [6, 6.07) is 0.857. The molecule has 1 aliphatic carbocycles. The maximum absolute atomic E-state index is 6.08. The Balaban J connectivity index is 0.00000131. The Labute approximate surface area is 177 Å². The second-order valence-electron chi connectivity index (χ2n) is 7.31. The van der Waals surface area contributed by atoms with Gasteiger partial charge in [-0.3, -0.25) is 0 Å². The number of rotatable bonds is 5. The summed E-state index contributed by atoms with van der Waals surface area (Å²) < 4.78 is 2.28. The number of hydrogen-bond donors (Lipinski definition) is 2. The molecule has 0 radical (unpaired) electrons. The van der Waals surface area contributed by atoms with Gasteiger partial charge in [-0.2, -0.15) is 11.8 Å². The SMILES string of the molecule is CCCNc1nc(C2CCC(N)CC2)nc2c1ncn2C1CCSC1.Cl.Cl. The molecule has 9 heteroatoms. The van der Waals surface area contributed by atoms with Crippen LogP contribution in [0.3, 0.4) is 0 Å². The molecule has 1 atom stereocenters. The lowest BCUT2D eigenvalue weighted by Gasteiger charge is -2.25. The van der Waals surface area contributed by atoms with E-state index in [-0.39, 0.29) is 24.8 Å². The van der Waals surface area contributed by atoms with Crippen molar-refractivity contribution in [1.29, 1.82) is 0 Å². The first-order chi connectivity index (χ1) is 12.3. The average Bonchev–Trinajstić information content (AvgIpc) is 3.29. The van der Waals surface area contributed by atoms with Gasteiger partial charge in [0.25, 0.3) is 0 Å². The Kier molecular flexibility index (Phi) is 8.46. The number of halogens is 2. The van der Waals surface area contributed by atoms with Gasteiger partial charge in [-0.05, 0) is 44.3 Å². The molecule has 2 aliphatic rings.